The summed E-state index contributed by atoms with van der Waals surface area (Å²) >= 11 is 11.9. The molecule has 0 unspecified atom stereocenters. The molecular formula is C22H16Cl2F5N5O3S. The van der Waals surface area contributed by atoms with Crippen LogP contribution in [-0.2, 0) is 21.6 Å². The number of anilines is 1. The number of hydrogen-bond acceptors (Lipinski definition) is 5. The fourth-order valence-corrected chi connectivity index (χ4v) is 5.25. The zero-order valence-corrected chi connectivity index (χ0v) is 21.2. The number of benzene rings is 2. The molecule has 3 N–H and O–H groups in total. The van der Waals surface area contributed by atoms with Gasteiger partial charge in [-0.1, -0.05) is 73.0 Å². The second-order valence-corrected chi connectivity index (χ2v) is 11.7. The van der Waals surface area contributed by atoms with Gasteiger partial charge in [0.05, 0.1) is 15.5 Å². The number of nitrogens with zero attached hydrogens (tertiary/aromatic N) is 3. The van der Waals surface area contributed by atoms with E-state index >= 15 is 0 Å². The summed E-state index contributed by atoms with van der Waals surface area (Å²) in [6.07, 6.45) is -0.765. The van der Waals surface area contributed by atoms with E-state index < -0.39 is 59.8 Å². The number of carbonyl (C=O) groups is 2. The molecule has 0 spiro atoms. The smallest absolute Gasteiger partial charge is 0.413 e. The third kappa shape index (κ3) is 5.22. The second-order valence-electron chi connectivity index (χ2n) is 8.43. The molecule has 0 saturated heterocycles. The van der Waals surface area contributed by atoms with Gasteiger partial charge in [0.15, 0.2) is 5.69 Å². The lowest BCUT2D eigenvalue weighted by atomic mass is 9.94. The van der Waals surface area contributed by atoms with Crippen LogP contribution in [0.2, 0.25) is 10.0 Å². The Morgan fingerprint density at radius 2 is 1.71 bits per heavy atom. The van der Waals surface area contributed by atoms with Crippen LogP contribution in [0.4, 0.5) is 30.0 Å². The Bertz CT molecular complexity index is 1500. The molecule has 16 heteroatoms. The number of nitriles is 1. The van der Waals surface area contributed by atoms with Crippen LogP contribution >= 0.6 is 33.4 Å². The van der Waals surface area contributed by atoms with Gasteiger partial charge >= 0.3 is 16.3 Å². The Hall–Kier alpha value is -3.54. The van der Waals surface area contributed by atoms with Crippen molar-refractivity contribution in [3.05, 3.63) is 69.3 Å². The van der Waals surface area contributed by atoms with Crippen molar-refractivity contribution in [2.75, 3.05) is 5.32 Å². The maximum Gasteiger partial charge on any atom is 0.413 e. The van der Waals surface area contributed by atoms with E-state index in [2.05, 4.69) is 10.4 Å². The van der Waals surface area contributed by atoms with E-state index in [1.807, 2.05) is 0 Å². The molecule has 1 fully saturated rings. The maximum absolute atomic E-state index is 13.4. The Labute approximate surface area is 221 Å². The minimum absolute atomic E-state index is 0.0454. The largest absolute Gasteiger partial charge is 0.444 e. The van der Waals surface area contributed by atoms with E-state index in [0.717, 1.165) is 0 Å². The van der Waals surface area contributed by atoms with Gasteiger partial charge in [-0.2, -0.15) is 10.4 Å². The number of rotatable bonds is 7. The zero-order valence-electron chi connectivity index (χ0n) is 18.9. The lowest BCUT2D eigenvalue weighted by Gasteiger charge is -2.40. The quantitative estimate of drug-likeness (QED) is 0.285. The van der Waals surface area contributed by atoms with Crippen LogP contribution in [0.1, 0.15) is 29.7 Å². The molecule has 38 heavy (non-hydrogen) atoms. The number of primary amides is 1. The number of hydrogen-bond donors (Lipinski definition) is 2. The first-order valence-electron chi connectivity index (χ1n) is 10.5. The number of ether oxygens (including phenoxy) is 1. The highest BCUT2D eigenvalue weighted by Crippen LogP contribution is 3.02. The molecular weight excluding hydrogens is 580 g/mol. The van der Waals surface area contributed by atoms with Crippen LogP contribution < -0.4 is 11.1 Å². The van der Waals surface area contributed by atoms with Crippen molar-refractivity contribution < 1.29 is 33.8 Å². The Morgan fingerprint density at radius 1 is 1.13 bits per heavy atom. The molecule has 1 aliphatic rings. The molecule has 202 valence electrons. The molecule has 2 aromatic carbocycles. The molecule has 1 heterocycles. The summed E-state index contributed by atoms with van der Waals surface area (Å²) in [4.78, 5) is 22.6. The standard InChI is InChI=1S/C22H16Cl2F5N5O3S/c23-14-8-13(38(25,26,27,28)29)9-15(24)18(14)34-19(32-21(36)37-11-12-4-2-1-3-5-12)17(16(10-30)33-34)22(6-7-22)20(31)35/h1-5,8-9H,6-7,11H2,(H2,31,35)(H,32,36). The van der Waals surface area contributed by atoms with Crippen molar-refractivity contribution in [2.45, 2.75) is 29.8 Å². The van der Waals surface area contributed by atoms with Crippen LogP contribution in [0.25, 0.3) is 5.69 Å². The van der Waals surface area contributed by atoms with E-state index in [1.165, 1.54) is 0 Å². The first kappa shape index (κ1) is 27.5. The van der Waals surface area contributed by atoms with Crippen LogP contribution in [0.5, 0.6) is 0 Å². The molecule has 0 radical (unpaired) electrons. The normalized spacial score (nSPS) is 16.1. The summed E-state index contributed by atoms with van der Waals surface area (Å²) in [5, 5.41) is 14.1. The van der Waals surface area contributed by atoms with Gasteiger partial charge in [-0.05, 0) is 30.5 Å². The minimum Gasteiger partial charge on any atom is -0.444 e. The average Bonchev–Trinajstić information content (AvgIpc) is 3.54. The molecule has 2 amide bonds. The van der Waals surface area contributed by atoms with Gasteiger partial charge in [-0.15, -0.1) is 0 Å². The number of amides is 2. The summed E-state index contributed by atoms with van der Waals surface area (Å²) in [6, 6.07) is 10.1. The Morgan fingerprint density at radius 3 is 2.18 bits per heavy atom. The lowest BCUT2D eigenvalue weighted by Crippen LogP contribution is -2.30. The van der Waals surface area contributed by atoms with E-state index in [0.29, 0.717) is 10.2 Å². The van der Waals surface area contributed by atoms with Crippen molar-refractivity contribution >= 4 is 51.2 Å². The predicted octanol–water partition coefficient (Wildman–Crippen LogP) is 6.97. The van der Waals surface area contributed by atoms with Crippen LogP contribution in [-0.4, -0.2) is 21.8 Å². The molecule has 1 aliphatic carbocycles. The van der Waals surface area contributed by atoms with Gasteiger partial charge in [0, 0.05) is 5.56 Å². The summed E-state index contributed by atoms with van der Waals surface area (Å²) in [7, 11) is -10.2. The van der Waals surface area contributed by atoms with Crippen molar-refractivity contribution in [1.29, 1.82) is 5.26 Å². The van der Waals surface area contributed by atoms with Gasteiger partial charge in [-0.25, -0.2) is 9.48 Å². The highest BCUT2D eigenvalue weighted by Gasteiger charge is 2.65. The fourth-order valence-electron chi connectivity index (χ4n) is 3.79. The van der Waals surface area contributed by atoms with Gasteiger partial charge in [0.2, 0.25) is 5.91 Å². The maximum atomic E-state index is 13.4. The van der Waals surface area contributed by atoms with Gasteiger partial charge in [0.25, 0.3) is 0 Å². The van der Waals surface area contributed by atoms with E-state index in [9.17, 15) is 34.3 Å². The summed E-state index contributed by atoms with van der Waals surface area (Å²) in [5.41, 5.74) is 3.58. The number of nitrogens with one attached hydrogen (secondary N) is 1. The highest BCUT2D eigenvalue weighted by molar-refractivity contribution is 8.45. The number of carbonyl (C=O) groups excluding carboxylic acids is 2. The van der Waals surface area contributed by atoms with Crippen molar-refractivity contribution in [2.24, 2.45) is 5.73 Å². The second kappa shape index (κ2) is 8.48. The zero-order chi connectivity index (χ0) is 28.2. The molecule has 4 rings (SSSR count). The van der Waals surface area contributed by atoms with E-state index in [1.54, 1.807) is 36.4 Å². The lowest BCUT2D eigenvalue weighted by molar-refractivity contribution is -0.120. The number of aromatic nitrogens is 2. The number of nitrogens with two attached hydrogens (primary N) is 1. The van der Waals surface area contributed by atoms with E-state index in [4.69, 9.17) is 33.7 Å². The Balaban J connectivity index is 1.85. The average molecular weight is 596 g/mol. The highest BCUT2D eigenvalue weighted by atomic mass is 35.5. The monoisotopic (exact) mass is 595 g/mol. The molecule has 1 saturated carbocycles. The first-order chi connectivity index (χ1) is 17.5. The summed E-state index contributed by atoms with van der Waals surface area (Å²) < 4.78 is 72.8. The Kier molecular flexibility index (Phi) is 6.14. The van der Waals surface area contributed by atoms with E-state index in [-0.39, 0.29) is 37.1 Å². The van der Waals surface area contributed by atoms with Gasteiger partial charge < -0.3 is 10.5 Å². The fraction of sp³-hybridized carbons (Fsp3) is 0.182. The molecule has 0 aliphatic heterocycles. The third-order valence-electron chi connectivity index (χ3n) is 5.77. The predicted molar refractivity (Wildman–Crippen MR) is 130 cm³/mol. The SMILES string of the molecule is N#Cc1nn(-c2c(Cl)cc(S(F)(F)(F)(F)F)cc2Cl)c(NC(=O)OCc2ccccc2)c1C1(C(N)=O)CC1. The summed E-state index contributed by atoms with van der Waals surface area (Å²) in [6.45, 7) is -0.192. The van der Waals surface area contributed by atoms with Gasteiger partial charge in [0.1, 0.15) is 29.1 Å². The molecule has 1 aromatic heterocycles. The van der Waals surface area contributed by atoms with Crippen LogP contribution in [0.15, 0.2) is 47.4 Å². The minimum atomic E-state index is -10.2. The topological polar surface area (TPSA) is 123 Å². The third-order valence-corrected chi connectivity index (χ3v) is 7.48. The molecule has 0 bridgehead atoms. The molecule has 3 aromatic rings. The van der Waals surface area contributed by atoms with Crippen LogP contribution in [0.3, 0.4) is 0 Å². The van der Waals surface area contributed by atoms with Crippen LogP contribution in [0, 0.1) is 11.3 Å². The van der Waals surface area contributed by atoms with Gasteiger partial charge in [-0.3, -0.25) is 10.1 Å². The molecule has 8 nitrogen and oxygen atoms in total. The summed E-state index contributed by atoms with van der Waals surface area (Å²) in [5.74, 6) is -1.26. The van der Waals surface area contributed by atoms with Crippen molar-refractivity contribution in [1.82, 2.24) is 9.78 Å². The van der Waals surface area contributed by atoms with Crippen molar-refractivity contribution in [3.63, 3.8) is 0 Å². The first-order valence-corrected chi connectivity index (χ1v) is 13.2. The number of halogens is 7. The van der Waals surface area contributed by atoms with Crippen molar-refractivity contribution in [3.8, 4) is 11.8 Å². The molecule has 0 atom stereocenters.